The van der Waals surface area contributed by atoms with Gasteiger partial charge in [0, 0.05) is 37.9 Å². The molecule has 0 aromatic heterocycles. The van der Waals surface area contributed by atoms with Crippen LogP contribution in [-0.2, 0) is 24.5 Å². The predicted molar refractivity (Wildman–Crippen MR) is 171 cm³/mol. The number of carbonyl (C=O) groups is 2. The van der Waals surface area contributed by atoms with Crippen molar-refractivity contribution < 1.29 is 19.1 Å². The summed E-state index contributed by atoms with van der Waals surface area (Å²) in [6.45, 7) is 10.7. The monoisotopic (exact) mass is 594 g/mol. The molecule has 1 amide bonds. The molecule has 5 rings (SSSR count). The lowest BCUT2D eigenvalue weighted by Gasteiger charge is -2.45. The molecule has 4 aliphatic heterocycles. The maximum Gasteiger partial charge on any atom is 0.337 e. The van der Waals surface area contributed by atoms with Crippen molar-refractivity contribution in [1.29, 1.82) is 0 Å². The number of amides is 1. The van der Waals surface area contributed by atoms with Crippen LogP contribution >= 0.6 is 0 Å². The van der Waals surface area contributed by atoms with Crippen molar-refractivity contribution >= 4 is 17.6 Å². The van der Waals surface area contributed by atoms with E-state index in [9.17, 15) is 9.59 Å². The van der Waals surface area contributed by atoms with Crippen molar-refractivity contribution in [1.82, 2.24) is 15.1 Å². The maximum atomic E-state index is 14.5. The predicted octanol–water partition coefficient (Wildman–Crippen LogP) is 4.73. The number of piperidine rings is 1. The highest BCUT2D eigenvalue weighted by atomic mass is 16.5. The van der Waals surface area contributed by atoms with E-state index in [2.05, 4.69) is 51.2 Å². The summed E-state index contributed by atoms with van der Waals surface area (Å²) >= 11 is 0. The number of hydrogen-bond donors (Lipinski definition) is 1. The van der Waals surface area contributed by atoms with Crippen molar-refractivity contribution in [3.05, 3.63) is 41.7 Å². The zero-order chi connectivity index (χ0) is 30.2. The van der Waals surface area contributed by atoms with Gasteiger partial charge in [0.15, 0.2) is 0 Å². The summed E-state index contributed by atoms with van der Waals surface area (Å²) in [6.07, 6.45) is 12.7. The second-order valence-electron chi connectivity index (χ2n) is 13.1. The number of hydrogen-bond acceptors (Lipinski definition) is 7. The van der Waals surface area contributed by atoms with E-state index in [4.69, 9.17) is 9.47 Å². The largest absolute Gasteiger partial charge is 0.504 e. The van der Waals surface area contributed by atoms with Crippen LogP contribution < -0.4 is 10.2 Å². The second kappa shape index (κ2) is 15.0. The third-order valence-electron chi connectivity index (χ3n) is 10.7. The Morgan fingerprint density at radius 3 is 2.56 bits per heavy atom. The Kier molecular flexibility index (Phi) is 11.2. The number of para-hydroxylation sites is 1. The second-order valence-corrected chi connectivity index (χ2v) is 13.1. The van der Waals surface area contributed by atoms with E-state index in [-0.39, 0.29) is 23.8 Å². The molecule has 3 fully saturated rings. The number of likely N-dealkylation sites (tertiary alicyclic amines) is 1. The number of anilines is 1. The van der Waals surface area contributed by atoms with E-state index in [1.54, 1.807) is 13.4 Å². The molecule has 1 aromatic rings. The lowest BCUT2D eigenvalue weighted by molar-refractivity contribution is -0.137. The van der Waals surface area contributed by atoms with Crippen LogP contribution in [0.15, 0.2) is 36.1 Å². The van der Waals surface area contributed by atoms with Crippen molar-refractivity contribution in [3.63, 3.8) is 0 Å². The van der Waals surface area contributed by atoms with E-state index in [0.717, 1.165) is 70.5 Å². The Hall–Kier alpha value is -2.42. The fourth-order valence-electron chi connectivity index (χ4n) is 8.47. The smallest absolute Gasteiger partial charge is 0.337 e. The molecule has 4 heterocycles. The summed E-state index contributed by atoms with van der Waals surface area (Å²) in [6, 6.07) is 8.52. The average Bonchev–Trinajstić information content (AvgIpc) is 3.75. The minimum atomic E-state index is -0.553. The number of nitrogens with one attached hydrogen (secondary N) is 1. The van der Waals surface area contributed by atoms with Crippen LogP contribution in [0.3, 0.4) is 0 Å². The van der Waals surface area contributed by atoms with Gasteiger partial charge in [0.1, 0.15) is 0 Å². The van der Waals surface area contributed by atoms with Gasteiger partial charge in [0.2, 0.25) is 5.91 Å². The quantitative estimate of drug-likeness (QED) is 0.136. The molecule has 1 N–H and O–H groups in total. The standard InChI is InChI=1S/C35H54N4O4/c1-4-27-25-38-22-16-35(32(38)24-28(27)29(26-42-2)33(40)43-3)30-14-8-9-15-31(30)39(34(35)41)21-11-7-5-6-10-17-36-18-23-37-19-12-13-20-37/h8-9,14-15,26-28,32,36H,4-7,10-13,16-25H2,1-3H3/b29-26+/t27-,28-,32?,35+/m0/s1. The van der Waals surface area contributed by atoms with Crippen LogP contribution in [0.5, 0.6) is 0 Å². The normalized spacial score (nSPS) is 27.6. The van der Waals surface area contributed by atoms with Crippen molar-refractivity contribution in [3.8, 4) is 0 Å². The van der Waals surface area contributed by atoms with Crippen LogP contribution in [0.1, 0.15) is 76.7 Å². The highest BCUT2D eigenvalue weighted by Gasteiger charge is 2.62. The first kappa shape index (κ1) is 32.0. The number of methoxy groups -OCH3 is 2. The van der Waals surface area contributed by atoms with Crippen LogP contribution in [0, 0.1) is 11.8 Å². The highest BCUT2D eigenvalue weighted by molar-refractivity contribution is 6.09. The van der Waals surface area contributed by atoms with Crippen LogP contribution in [0.2, 0.25) is 0 Å². The van der Waals surface area contributed by atoms with E-state index >= 15 is 0 Å². The Labute approximate surface area is 259 Å². The molecule has 238 valence electrons. The number of benzene rings is 1. The number of fused-ring (bicyclic) bond motifs is 4. The minimum Gasteiger partial charge on any atom is -0.504 e. The van der Waals surface area contributed by atoms with Crippen molar-refractivity contribution in [2.24, 2.45) is 11.8 Å². The molecule has 8 heteroatoms. The highest BCUT2D eigenvalue weighted by Crippen LogP contribution is 2.55. The van der Waals surface area contributed by atoms with Gasteiger partial charge in [-0.05, 0) is 88.2 Å². The molecular formula is C35H54N4O4. The zero-order valence-corrected chi connectivity index (χ0v) is 26.8. The molecule has 0 bridgehead atoms. The average molecular weight is 595 g/mol. The van der Waals surface area contributed by atoms with Gasteiger partial charge in [0.05, 0.1) is 31.5 Å². The number of ether oxygens (including phenoxy) is 2. The van der Waals surface area contributed by atoms with Crippen LogP contribution in [0.25, 0.3) is 0 Å². The molecule has 1 spiro atoms. The summed E-state index contributed by atoms with van der Waals surface area (Å²) in [4.78, 5) is 34.5. The first-order chi connectivity index (χ1) is 21.0. The van der Waals surface area contributed by atoms with Gasteiger partial charge in [-0.2, -0.15) is 0 Å². The SMILES string of the molecule is CC[C@H]1CN2CC[C@]3(C(=O)N(CCCCCCCNCCN4CCCC4)c4ccccc43)C2C[C@@H]1/C(=C\OC)C(=O)OC. The van der Waals surface area contributed by atoms with Gasteiger partial charge in [-0.15, -0.1) is 0 Å². The number of rotatable bonds is 15. The van der Waals surface area contributed by atoms with Gasteiger partial charge in [-0.25, -0.2) is 4.79 Å². The van der Waals surface area contributed by atoms with Gasteiger partial charge in [-0.3, -0.25) is 9.69 Å². The van der Waals surface area contributed by atoms with Crippen LogP contribution in [0.4, 0.5) is 5.69 Å². The third kappa shape index (κ3) is 6.66. The van der Waals surface area contributed by atoms with Crippen molar-refractivity contribution in [2.75, 3.05) is 71.5 Å². The number of unbranched alkanes of at least 4 members (excludes halogenated alkanes) is 4. The molecule has 8 nitrogen and oxygen atoms in total. The Balaban J connectivity index is 1.18. The van der Waals surface area contributed by atoms with E-state index in [0.29, 0.717) is 11.5 Å². The molecule has 4 atom stereocenters. The molecule has 1 unspecified atom stereocenters. The lowest BCUT2D eigenvalue weighted by Crippen LogP contribution is -2.55. The number of carbonyl (C=O) groups excluding carboxylic acids is 2. The van der Waals surface area contributed by atoms with E-state index in [1.165, 1.54) is 64.4 Å². The Morgan fingerprint density at radius 1 is 1.02 bits per heavy atom. The first-order valence-corrected chi connectivity index (χ1v) is 16.9. The zero-order valence-electron chi connectivity index (χ0n) is 26.8. The summed E-state index contributed by atoms with van der Waals surface area (Å²) in [5.41, 5.74) is 2.31. The molecule has 0 radical (unpaired) electrons. The van der Waals surface area contributed by atoms with Gasteiger partial charge in [0.25, 0.3) is 0 Å². The summed E-state index contributed by atoms with van der Waals surface area (Å²) in [7, 11) is 3.01. The van der Waals surface area contributed by atoms with E-state index < -0.39 is 5.41 Å². The lowest BCUT2D eigenvalue weighted by atomic mass is 9.67. The fourth-order valence-corrected chi connectivity index (χ4v) is 8.47. The number of esters is 1. The van der Waals surface area contributed by atoms with Crippen molar-refractivity contribution in [2.45, 2.75) is 82.6 Å². The third-order valence-corrected chi connectivity index (χ3v) is 10.7. The van der Waals surface area contributed by atoms with Gasteiger partial charge < -0.3 is 24.6 Å². The molecule has 0 aliphatic carbocycles. The fraction of sp³-hybridized carbons (Fsp3) is 0.714. The van der Waals surface area contributed by atoms with E-state index in [1.807, 2.05) is 0 Å². The van der Waals surface area contributed by atoms with Gasteiger partial charge >= 0.3 is 5.97 Å². The molecule has 0 saturated carbocycles. The summed E-state index contributed by atoms with van der Waals surface area (Å²) in [5, 5.41) is 3.61. The molecule has 1 aromatic carbocycles. The molecule has 4 aliphatic rings. The van der Waals surface area contributed by atoms with Crippen LogP contribution in [-0.4, -0.2) is 94.3 Å². The van der Waals surface area contributed by atoms with Gasteiger partial charge in [-0.1, -0.05) is 50.8 Å². The summed E-state index contributed by atoms with van der Waals surface area (Å²) in [5.74, 6) is 0.239. The Bertz CT molecular complexity index is 1120. The Morgan fingerprint density at radius 2 is 1.79 bits per heavy atom. The molecule has 43 heavy (non-hydrogen) atoms. The first-order valence-electron chi connectivity index (χ1n) is 16.9. The topological polar surface area (TPSA) is 74.4 Å². The molecular weight excluding hydrogens is 540 g/mol. The minimum absolute atomic E-state index is 0.00246. The maximum absolute atomic E-state index is 14.5. The summed E-state index contributed by atoms with van der Waals surface area (Å²) < 4.78 is 10.5. The number of nitrogens with zero attached hydrogens (tertiary/aromatic N) is 3. The molecule has 3 saturated heterocycles.